The molecule has 1 spiro atoms. The van der Waals surface area contributed by atoms with Gasteiger partial charge in [0, 0.05) is 31.8 Å². The van der Waals surface area contributed by atoms with Crippen LogP contribution < -0.4 is 5.48 Å². The van der Waals surface area contributed by atoms with E-state index in [0.717, 1.165) is 30.5 Å². The van der Waals surface area contributed by atoms with Crippen LogP contribution >= 0.6 is 0 Å². The van der Waals surface area contributed by atoms with Gasteiger partial charge in [-0.25, -0.2) is 5.48 Å². The minimum atomic E-state index is -0.585. The monoisotopic (exact) mass is 414 g/mol. The van der Waals surface area contributed by atoms with Crippen LogP contribution in [-0.4, -0.2) is 64.5 Å². The number of piperidine rings is 1. The predicted molar refractivity (Wildman–Crippen MR) is 108 cm³/mol. The summed E-state index contributed by atoms with van der Waals surface area (Å²) in [5, 5.41) is 20.0. The predicted octanol–water partition coefficient (Wildman–Crippen LogP) is 1.82. The van der Waals surface area contributed by atoms with Gasteiger partial charge >= 0.3 is 0 Å². The van der Waals surface area contributed by atoms with Crippen molar-refractivity contribution in [2.24, 2.45) is 11.3 Å². The zero-order chi connectivity index (χ0) is 21.5. The molecule has 4 rings (SSSR count). The zero-order valence-electron chi connectivity index (χ0n) is 16.9. The first-order valence-electron chi connectivity index (χ1n) is 10.2. The van der Waals surface area contributed by atoms with Gasteiger partial charge in [-0.3, -0.25) is 29.8 Å². The van der Waals surface area contributed by atoms with Crippen molar-refractivity contribution in [1.82, 2.24) is 15.3 Å². The summed E-state index contributed by atoms with van der Waals surface area (Å²) >= 11 is 0. The second kappa shape index (κ2) is 7.81. The van der Waals surface area contributed by atoms with Crippen molar-refractivity contribution < 1.29 is 19.7 Å². The quantitative estimate of drug-likeness (QED) is 0.441. The number of nitrogens with one attached hydrogen (secondary N) is 1. The van der Waals surface area contributed by atoms with Crippen LogP contribution in [0.25, 0.3) is 5.57 Å². The van der Waals surface area contributed by atoms with Gasteiger partial charge in [0.05, 0.1) is 10.8 Å². The van der Waals surface area contributed by atoms with E-state index in [1.165, 1.54) is 12.1 Å². The lowest BCUT2D eigenvalue weighted by molar-refractivity contribution is -0.384. The largest absolute Gasteiger partial charge is 0.337 e. The Labute approximate surface area is 174 Å². The number of rotatable bonds is 4. The van der Waals surface area contributed by atoms with Gasteiger partial charge in [-0.2, -0.15) is 0 Å². The maximum absolute atomic E-state index is 13.3. The number of amides is 2. The SMILES string of the molecule is CN1CC2(CC2)CC(C(=O)NO)C1C(=O)N1CC=C(c2ccc([N+](=O)[O-])cc2)CC1. The van der Waals surface area contributed by atoms with Crippen LogP contribution in [0.1, 0.15) is 31.2 Å². The van der Waals surface area contributed by atoms with Gasteiger partial charge in [0.15, 0.2) is 0 Å². The molecular formula is C21H26N4O5. The maximum Gasteiger partial charge on any atom is 0.269 e. The minimum Gasteiger partial charge on any atom is -0.337 e. The van der Waals surface area contributed by atoms with Crippen molar-refractivity contribution in [2.45, 2.75) is 31.7 Å². The summed E-state index contributed by atoms with van der Waals surface area (Å²) in [6, 6.07) is 5.84. The summed E-state index contributed by atoms with van der Waals surface area (Å²) in [7, 11) is 1.88. The Balaban J connectivity index is 1.47. The molecule has 3 aliphatic rings. The molecule has 1 saturated carbocycles. The molecule has 2 heterocycles. The van der Waals surface area contributed by atoms with Gasteiger partial charge in [-0.15, -0.1) is 0 Å². The van der Waals surface area contributed by atoms with Crippen LogP contribution in [0.5, 0.6) is 0 Å². The van der Waals surface area contributed by atoms with Gasteiger partial charge in [0.2, 0.25) is 11.8 Å². The van der Waals surface area contributed by atoms with Crippen molar-refractivity contribution in [3.63, 3.8) is 0 Å². The molecule has 2 unspecified atom stereocenters. The number of likely N-dealkylation sites (N-methyl/N-ethyl adjacent to an activating group) is 1. The fourth-order valence-corrected chi connectivity index (χ4v) is 4.91. The van der Waals surface area contributed by atoms with E-state index >= 15 is 0 Å². The fourth-order valence-electron chi connectivity index (χ4n) is 4.91. The van der Waals surface area contributed by atoms with E-state index in [0.29, 0.717) is 25.9 Å². The smallest absolute Gasteiger partial charge is 0.269 e. The number of hydrogen-bond donors (Lipinski definition) is 2. The van der Waals surface area contributed by atoms with Crippen molar-refractivity contribution in [3.8, 4) is 0 Å². The number of hydrogen-bond acceptors (Lipinski definition) is 6. The summed E-state index contributed by atoms with van der Waals surface area (Å²) in [5.74, 6) is -1.16. The molecular weight excluding hydrogens is 388 g/mol. The zero-order valence-corrected chi connectivity index (χ0v) is 16.9. The first-order chi connectivity index (χ1) is 14.3. The van der Waals surface area contributed by atoms with E-state index in [9.17, 15) is 24.9 Å². The number of carbonyl (C=O) groups is 2. The van der Waals surface area contributed by atoms with Crippen molar-refractivity contribution in [1.29, 1.82) is 0 Å². The standard InChI is InChI=1S/C21H26N4O5/c1-23-13-21(8-9-21)12-17(19(26)22-28)18(23)20(27)24-10-6-15(7-11-24)14-2-4-16(5-3-14)25(29)30/h2-6,17-18,28H,7-13H2,1H3,(H,22,26). The molecule has 1 aromatic rings. The van der Waals surface area contributed by atoms with Gasteiger partial charge in [0.1, 0.15) is 6.04 Å². The third kappa shape index (κ3) is 3.82. The van der Waals surface area contributed by atoms with Crippen LogP contribution in [-0.2, 0) is 9.59 Å². The molecule has 0 radical (unpaired) electrons. The number of nitrogens with zero attached hydrogens (tertiary/aromatic N) is 3. The summed E-state index contributed by atoms with van der Waals surface area (Å²) in [5.41, 5.74) is 3.87. The van der Waals surface area contributed by atoms with E-state index in [4.69, 9.17) is 0 Å². The molecule has 0 aromatic heterocycles. The number of non-ortho nitro benzene ring substituents is 1. The van der Waals surface area contributed by atoms with E-state index in [2.05, 4.69) is 0 Å². The Morgan fingerprint density at radius 2 is 1.97 bits per heavy atom. The number of nitro benzene ring substituents is 1. The highest BCUT2D eigenvalue weighted by atomic mass is 16.6. The van der Waals surface area contributed by atoms with Crippen molar-refractivity contribution in [3.05, 3.63) is 46.0 Å². The van der Waals surface area contributed by atoms with Crippen LogP contribution in [0.15, 0.2) is 30.3 Å². The van der Waals surface area contributed by atoms with Crippen LogP contribution in [0, 0.1) is 21.4 Å². The molecule has 2 atom stereocenters. The number of nitro groups is 1. The lowest BCUT2D eigenvalue weighted by atomic mass is 9.80. The number of likely N-dealkylation sites (tertiary alicyclic amines) is 1. The van der Waals surface area contributed by atoms with Crippen molar-refractivity contribution >= 4 is 23.1 Å². The molecule has 0 bridgehead atoms. The third-order valence-corrected chi connectivity index (χ3v) is 6.72. The van der Waals surface area contributed by atoms with Crippen LogP contribution in [0.4, 0.5) is 5.69 Å². The Kier molecular flexibility index (Phi) is 5.33. The Bertz CT molecular complexity index is 893. The normalized spacial score (nSPS) is 25.5. The van der Waals surface area contributed by atoms with Gasteiger partial charge in [0.25, 0.3) is 5.69 Å². The van der Waals surface area contributed by atoms with E-state index in [1.54, 1.807) is 22.5 Å². The summed E-state index contributed by atoms with van der Waals surface area (Å²) in [4.78, 5) is 39.7. The Morgan fingerprint density at radius 1 is 1.27 bits per heavy atom. The van der Waals surface area contributed by atoms with E-state index in [-0.39, 0.29) is 17.0 Å². The summed E-state index contributed by atoms with van der Waals surface area (Å²) in [6.07, 6.45) is 5.34. The van der Waals surface area contributed by atoms with Crippen LogP contribution in [0.2, 0.25) is 0 Å². The summed E-state index contributed by atoms with van der Waals surface area (Å²) < 4.78 is 0. The average Bonchev–Trinajstić information content (AvgIpc) is 3.50. The van der Waals surface area contributed by atoms with Crippen molar-refractivity contribution in [2.75, 3.05) is 26.7 Å². The highest BCUT2D eigenvalue weighted by Crippen LogP contribution is 2.54. The molecule has 2 amide bonds. The molecule has 2 N–H and O–H groups in total. The van der Waals surface area contributed by atoms with Gasteiger partial charge in [-0.05, 0) is 61.4 Å². The topological polar surface area (TPSA) is 116 Å². The molecule has 9 heteroatoms. The Morgan fingerprint density at radius 3 is 2.50 bits per heavy atom. The lowest BCUT2D eigenvalue weighted by Gasteiger charge is -2.43. The number of benzene rings is 1. The highest BCUT2D eigenvalue weighted by molar-refractivity contribution is 5.90. The molecule has 1 aromatic carbocycles. The fraction of sp³-hybridized carbons (Fsp3) is 0.524. The first-order valence-corrected chi connectivity index (χ1v) is 10.2. The number of hydroxylamine groups is 1. The first kappa shape index (κ1) is 20.5. The number of carbonyl (C=O) groups excluding carboxylic acids is 2. The molecule has 160 valence electrons. The van der Waals surface area contributed by atoms with Gasteiger partial charge in [-0.1, -0.05) is 6.08 Å². The minimum absolute atomic E-state index is 0.0499. The maximum atomic E-state index is 13.3. The molecule has 2 aliphatic heterocycles. The Hall–Kier alpha value is -2.78. The average molecular weight is 414 g/mol. The van der Waals surface area contributed by atoms with E-state index < -0.39 is 22.8 Å². The molecule has 9 nitrogen and oxygen atoms in total. The van der Waals surface area contributed by atoms with E-state index in [1.807, 2.05) is 18.0 Å². The molecule has 1 aliphatic carbocycles. The second-order valence-corrected chi connectivity index (χ2v) is 8.71. The van der Waals surface area contributed by atoms with Crippen LogP contribution in [0.3, 0.4) is 0 Å². The molecule has 2 fully saturated rings. The highest BCUT2D eigenvalue weighted by Gasteiger charge is 2.55. The lowest BCUT2D eigenvalue weighted by Crippen LogP contribution is -2.59. The summed E-state index contributed by atoms with van der Waals surface area (Å²) in [6.45, 7) is 1.73. The molecule has 30 heavy (non-hydrogen) atoms. The second-order valence-electron chi connectivity index (χ2n) is 8.71. The van der Waals surface area contributed by atoms with Gasteiger partial charge < -0.3 is 4.90 Å². The molecule has 1 saturated heterocycles. The third-order valence-electron chi connectivity index (χ3n) is 6.72.